The van der Waals surface area contributed by atoms with Crippen molar-refractivity contribution in [1.82, 2.24) is 0 Å². The van der Waals surface area contributed by atoms with Crippen molar-refractivity contribution < 1.29 is 31.1 Å². The molecule has 0 bridgehead atoms. The van der Waals surface area contributed by atoms with Crippen molar-refractivity contribution in [3.63, 3.8) is 0 Å². The Hall–Kier alpha value is -2.13. The van der Waals surface area contributed by atoms with Gasteiger partial charge in [-0.15, -0.1) is 0 Å². The Labute approximate surface area is 142 Å². The Morgan fingerprint density at radius 1 is 1.16 bits per heavy atom. The van der Waals surface area contributed by atoms with Crippen LogP contribution in [-0.2, 0) is 9.84 Å². The molecule has 0 aromatic heterocycles. The van der Waals surface area contributed by atoms with Crippen LogP contribution in [0.5, 0.6) is 0 Å². The SMILES string of the molecule is Cc1cccc(C(O)CNc2ccc(F)cc2S(=O)(=O)C(F)(F)F)c1. The zero-order valence-electron chi connectivity index (χ0n) is 13.0. The van der Waals surface area contributed by atoms with Crippen LogP contribution in [0.15, 0.2) is 47.4 Å². The molecule has 2 rings (SSSR count). The van der Waals surface area contributed by atoms with E-state index in [0.717, 1.165) is 17.7 Å². The first kappa shape index (κ1) is 19.2. The molecule has 0 aliphatic carbocycles. The number of sulfone groups is 1. The summed E-state index contributed by atoms with van der Waals surface area (Å²) in [5, 5.41) is 12.5. The first-order valence-corrected chi connectivity index (χ1v) is 8.60. The Morgan fingerprint density at radius 3 is 2.44 bits per heavy atom. The highest BCUT2D eigenvalue weighted by molar-refractivity contribution is 7.92. The molecule has 1 atom stereocenters. The summed E-state index contributed by atoms with van der Waals surface area (Å²) in [6.07, 6.45) is -1.09. The van der Waals surface area contributed by atoms with E-state index in [1.165, 1.54) is 0 Å². The quantitative estimate of drug-likeness (QED) is 0.782. The Kier molecular flexibility index (Phi) is 5.38. The van der Waals surface area contributed by atoms with Gasteiger partial charge in [0.05, 0.1) is 11.8 Å². The third-order valence-corrected chi connectivity index (χ3v) is 4.98. The molecule has 2 N–H and O–H groups in total. The molecule has 136 valence electrons. The molecule has 0 aliphatic heterocycles. The predicted molar refractivity (Wildman–Crippen MR) is 84.3 cm³/mol. The third-order valence-electron chi connectivity index (χ3n) is 3.45. The van der Waals surface area contributed by atoms with Crippen LogP contribution in [-0.4, -0.2) is 25.6 Å². The lowest BCUT2D eigenvalue weighted by atomic mass is 10.1. The summed E-state index contributed by atoms with van der Waals surface area (Å²) in [6.45, 7) is 1.55. The second-order valence-electron chi connectivity index (χ2n) is 5.40. The van der Waals surface area contributed by atoms with Crippen molar-refractivity contribution in [2.75, 3.05) is 11.9 Å². The number of halogens is 4. The monoisotopic (exact) mass is 377 g/mol. The van der Waals surface area contributed by atoms with Crippen LogP contribution in [0.3, 0.4) is 0 Å². The average Bonchev–Trinajstić information content (AvgIpc) is 2.52. The van der Waals surface area contributed by atoms with Gasteiger partial charge in [0.2, 0.25) is 0 Å². The first-order valence-electron chi connectivity index (χ1n) is 7.12. The van der Waals surface area contributed by atoms with Crippen molar-refractivity contribution in [2.45, 2.75) is 23.4 Å². The van der Waals surface area contributed by atoms with Crippen molar-refractivity contribution >= 4 is 15.5 Å². The van der Waals surface area contributed by atoms with E-state index in [2.05, 4.69) is 5.32 Å². The zero-order valence-corrected chi connectivity index (χ0v) is 13.8. The van der Waals surface area contributed by atoms with Gasteiger partial charge in [0.1, 0.15) is 10.7 Å². The van der Waals surface area contributed by atoms with Gasteiger partial charge in [-0.05, 0) is 30.7 Å². The number of alkyl halides is 3. The second-order valence-corrected chi connectivity index (χ2v) is 7.31. The number of rotatable bonds is 5. The van der Waals surface area contributed by atoms with Gasteiger partial charge in [0.25, 0.3) is 9.84 Å². The molecule has 25 heavy (non-hydrogen) atoms. The molecule has 0 saturated carbocycles. The molecule has 0 radical (unpaired) electrons. The molecule has 0 saturated heterocycles. The Morgan fingerprint density at radius 2 is 1.84 bits per heavy atom. The minimum Gasteiger partial charge on any atom is -0.387 e. The van der Waals surface area contributed by atoms with Crippen LogP contribution in [0.2, 0.25) is 0 Å². The second kappa shape index (κ2) is 7.01. The van der Waals surface area contributed by atoms with E-state index in [4.69, 9.17) is 0 Å². The van der Waals surface area contributed by atoms with Crippen molar-refractivity contribution in [1.29, 1.82) is 0 Å². The summed E-state index contributed by atoms with van der Waals surface area (Å²) in [5.74, 6) is -1.12. The van der Waals surface area contributed by atoms with Gasteiger partial charge in [-0.25, -0.2) is 12.8 Å². The minimum absolute atomic E-state index is 0.255. The first-order chi connectivity index (χ1) is 11.5. The number of nitrogens with one attached hydrogen (secondary N) is 1. The highest BCUT2D eigenvalue weighted by atomic mass is 32.2. The van der Waals surface area contributed by atoms with Gasteiger partial charge in [0.15, 0.2) is 0 Å². The van der Waals surface area contributed by atoms with Gasteiger partial charge in [-0.1, -0.05) is 29.8 Å². The summed E-state index contributed by atoms with van der Waals surface area (Å²) in [6, 6.07) is 8.82. The van der Waals surface area contributed by atoms with E-state index in [1.54, 1.807) is 31.2 Å². The fourth-order valence-electron chi connectivity index (χ4n) is 2.19. The maximum Gasteiger partial charge on any atom is 0.501 e. The van der Waals surface area contributed by atoms with Crippen molar-refractivity contribution in [2.24, 2.45) is 0 Å². The number of aryl methyl sites for hydroxylation is 1. The molecule has 4 nitrogen and oxygen atoms in total. The molecule has 0 fully saturated rings. The lowest BCUT2D eigenvalue weighted by Crippen LogP contribution is -2.25. The number of anilines is 1. The van der Waals surface area contributed by atoms with Crippen LogP contribution in [0, 0.1) is 12.7 Å². The van der Waals surface area contributed by atoms with Crippen LogP contribution >= 0.6 is 0 Å². The fourth-order valence-corrected chi connectivity index (χ4v) is 3.14. The molecule has 2 aromatic carbocycles. The van der Waals surface area contributed by atoms with Gasteiger partial charge in [0, 0.05) is 6.54 Å². The lowest BCUT2D eigenvalue weighted by Gasteiger charge is -2.17. The van der Waals surface area contributed by atoms with Crippen LogP contribution < -0.4 is 5.32 Å². The fraction of sp³-hybridized carbons (Fsp3) is 0.250. The molecule has 0 aliphatic rings. The molecule has 2 aromatic rings. The van der Waals surface area contributed by atoms with Crippen LogP contribution in [0.25, 0.3) is 0 Å². The maximum atomic E-state index is 13.3. The molecular formula is C16H15F4NO3S. The smallest absolute Gasteiger partial charge is 0.387 e. The number of benzene rings is 2. The van der Waals surface area contributed by atoms with E-state index in [0.29, 0.717) is 11.6 Å². The third kappa shape index (κ3) is 4.29. The standard InChI is InChI=1S/C16H15F4NO3S/c1-10-3-2-4-11(7-10)14(22)9-21-13-6-5-12(17)8-15(13)25(23,24)16(18,19)20/h2-8,14,21-22H,9H2,1H3. The Balaban J connectivity index is 2.29. The van der Waals surface area contributed by atoms with E-state index < -0.39 is 37.8 Å². The van der Waals surface area contributed by atoms with Gasteiger partial charge in [-0.2, -0.15) is 13.2 Å². The Bertz CT molecular complexity index is 866. The lowest BCUT2D eigenvalue weighted by molar-refractivity contribution is -0.0435. The number of hydrogen-bond acceptors (Lipinski definition) is 4. The van der Waals surface area contributed by atoms with E-state index in [9.17, 15) is 31.1 Å². The molecule has 0 amide bonds. The topological polar surface area (TPSA) is 66.4 Å². The maximum absolute atomic E-state index is 13.3. The van der Waals surface area contributed by atoms with E-state index in [1.807, 2.05) is 0 Å². The molecule has 0 heterocycles. The van der Waals surface area contributed by atoms with Gasteiger partial charge < -0.3 is 10.4 Å². The summed E-state index contributed by atoms with van der Waals surface area (Å²) >= 11 is 0. The van der Waals surface area contributed by atoms with Crippen LogP contribution in [0.4, 0.5) is 23.2 Å². The minimum atomic E-state index is -5.73. The molecule has 9 heteroatoms. The molecule has 1 unspecified atom stereocenters. The largest absolute Gasteiger partial charge is 0.501 e. The van der Waals surface area contributed by atoms with Crippen molar-refractivity contribution in [3.05, 3.63) is 59.4 Å². The number of aliphatic hydroxyl groups excluding tert-OH is 1. The summed E-state index contributed by atoms with van der Waals surface area (Å²) < 4.78 is 74.7. The van der Waals surface area contributed by atoms with Gasteiger partial charge in [-0.3, -0.25) is 0 Å². The molecular weight excluding hydrogens is 362 g/mol. The van der Waals surface area contributed by atoms with Crippen LogP contribution in [0.1, 0.15) is 17.2 Å². The van der Waals surface area contributed by atoms with Gasteiger partial charge >= 0.3 is 5.51 Å². The summed E-state index contributed by atoms with van der Waals surface area (Å²) in [4.78, 5) is -1.23. The zero-order chi connectivity index (χ0) is 18.8. The highest BCUT2D eigenvalue weighted by Crippen LogP contribution is 2.35. The van der Waals surface area contributed by atoms with E-state index >= 15 is 0 Å². The molecule has 0 spiro atoms. The van der Waals surface area contributed by atoms with Crippen molar-refractivity contribution in [3.8, 4) is 0 Å². The summed E-state index contributed by atoms with van der Waals surface area (Å²) in [5.41, 5.74) is -4.62. The normalized spacial score (nSPS) is 13.5. The number of hydrogen-bond donors (Lipinski definition) is 2. The van der Waals surface area contributed by atoms with E-state index in [-0.39, 0.29) is 6.54 Å². The average molecular weight is 377 g/mol. The highest BCUT2D eigenvalue weighted by Gasteiger charge is 2.48. The number of aliphatic hydroxyl groups is 1. The summed E-state index contributed by atoms with van der Waals surface area (Å²) in [7, 11) is -5.73. The predicted octanol–water partition coefficient (Wildman–Crippen LogP) is 3.57.